The van der Waals surface area contributed by atoms with Gasteiger partial charge >= 0.3 is 0 Å². The summed E-state index contributed by atoms with van der Waals surface area (Å²) in [5.41, 5.74) is 1.68. The fourth-order valence-corrected chi connectivity index (χ4v) is 3.87. The molecule has 1 aromatic heterocycles. The van der Waals surface area contributed by atoms with Crippen molar-refractivity contribution in [3.63, 3.8) is 0 Å². The number of carbonyl (C=O) groups excluding carboxylic acids is 1. The average Bonchev–Trinajstić information content (AvgIpc) is 3.04. The summed E-state index contributed by atoms with van der Waals surface area (Å²) >= 11 is 0. The first-order valence-corrected chi connectivity index (χ1v) is 7.51. The highest BCUT2D eigenvalue weighted by atomic mass is 16.1. The molecular weight excluding hydrogens is 274 g/mol. The minimum Gasteiger partial charge on any atom is -0.293 e. The molecule has 1 aromatic rings. The molecule has 0 spiro atoms. The molecule has 1 heterocycles. The molecule has 2 aliphatic rings. The van der Waals surface area contributed by atoms with Gasteiger partial charge in [0.05, 0.1) is 11.3 Å². The van der Waals surface area contributed by atoms with E-state index in [0.717, 1.165) is 12.1 Å². The van der Waals surface area contributed by atoms with Crippen LogP contribution in [0.15, 0.2) is 17.8 Å². The molecule has 0 saturated heterocycles. The van der Waals surface area contributed by atoms with E-state index >= 15 is 0 Å². The van der Waals surface area contributed by atoms with Gasteiger partial charge in [0.25, 0.3) is 0 Å². The number of ketones is 1. The van der Waals surface area contributed by atoms with Crippen LogP contribution < -0.4 is 0 Å². The van der Waals surface area contributed by atoms with Crippen molar-refractivity contribution in [1.82, 2.24) is 9.78 Å². The molecule has 0 saturated carbocycles. The lowest BCUT2D eigenvalue weighted by atomic mass is 9.58. The van der Waals surface area contributed by atoms with Gasteiger partial charge in [-0.25, -0.2) is 0 Å². The van der Waals surface area contributed by atoms with Crippen LogP contribution in [0.2, 0.25) is 0 Å². The Morgan fingerprint density at radius 2 is 2.05 bits per heavy atom. The van der Waals surface area contributed by atoms with Crippen molar-refractivity contribution in [2.45, 2.75) is 53.9 Å². The highest BCUT2D eigenvalue weighted by molar-refractivity contribution is 6.04. The second-order valence-electron chi connectivity index (χ2n) is 6.44. The van der Waals surface area contributed by atoms with Crippen LogP contribution in [0.1, 0.15) is 54.6 Å². The number of nitriles is 1. The first kappa shape index (κ1) is 16.5. The molecule has 2 atom stereocenters. The number of rotatable bonds is 0. The van der Waals surface area contributed by atoms with Crippen LogP contribution in [0.3, 0.4) is 0 Å². The van der Waals surface area contributed by atoms with Crippen LogP contribution in [0.4, 0.5) is 0 Å². The van der Waals surface area contributed by atoms with Gasteiger partial charge in [0, 0.05) is 25.4 Å². The van der Waals surface area contributed by atoms with Crippen molar-refractivity contribution in [2.24, 2.45) is 18.4 Å². The lowest BCUT2D eigenvalue weighted by molar-refractivity contribution is -0.127. The molecule has 0 unspecified atom stereocenters. The number of fused-ring (bicyclic) bond motifs is 3. The molecule has 3 rings (SSSR count). The monoisotopic (exact) mass is 303 g/mol. The number of hydrogen-bond donors (Lipinski definition) is 0. The van der Waals surface area contributed by atoms with Crippen molar-refractivity contribution in [3.8, 4) is 6.07 Å². The fourth-order valence-electron chi connectivity index (χ4n) is 3.87. The molecule has 4 nitrogen and oxygen atoms in total. The van der Waals surface area contributed by atoms with E-state index in [2.05, 4.69) is 18.1 Å². The maximum absolute atomic E-state index is 12.4. The molecule has 120 valence electrons. The Kier molecular flexibility index (Phi) is 4.28. The molecular formula is C18H27N3O. The van der Waals surface area contributed by atoms with Crippen molar-refractivity contribution < 1.29 is 6.17 Å². The van der Waals surface area contributed by atoms with Gasteiger partial charge in [-0.05, 0) is 17.9 Å². The summed E-state index contributed by atoms with van der Waals surface area (Å²) in [6.07, 6.45) is 4.72. The number of carbonyl (C=O) groups is 1. The van der Waals surface area contributed by atoms with E-state index in [1.165, 1.54) is 13.0 Å². The van der Waals surface area contributed by atoms with E-state index in [1.54, 1.807) is 0 Å². The van der Waals surface area contributed by atoms with Crippen molar-refractivity contribution >= 4 is 5.78 Å². The molecule has 22 heavy (non-hydrogen) atoms. The van der Waals surface area contributed by atoms with E-state index in [-0.39, 0.29) is 22.7 Å². The van der Waals surface area contributed by atoms with Crippen LogP contribution >= 0.6 is 0 Å². The number of aryl methyl sites for hydroxylation is 1. The van der Waals surface area contributed by atoms with Gasteiger partial charge in [-0.15, -0.1) is 0 Å². The van der Waals surface area contributed by atoms with Crippen molar-refractivity contribution in [3.05, 3.63) is 29.1 Å². The zero-order valence-corrected chi connectivity index (χ0v) is 14.7. The molecule has 2 aliphatic carbocycles. The molecule has 0 bridgehead atoms. The minimum absolute atomic E-state index is 0.0352. The highest BCUT2D eigenvalue weighted by Crippen LogP contribution is 2.55. The Morgan fingerprint density at radius 3 is 2.59 bits per heavy atom. The van der Waals surface area contributed by atoms with Gasteiger partial charge < -0.3 is 0 Å². The number of hydrogen-bond acceptors (Lipinski definition) is 3. The van der Waals surface area contributed by atoms with E-state index in [9.17, 15) is 10.1 Å². The van der Waals surface area contributed by atoms with E-state index in [1.807, 2.05) is 51.7 Å². The molecule has 0 amide bonds. The predicted octanol–water partition coefficient (Wildman–Crippen LogP) is 3.57. The van der Waals surface area contributed by atoms with Gasteiger partial charge in [-0.2, -0.15) is 10.4 Å². The smallest absolute Gasteiger partial charge is 0.178 e. The second kappa shape index (κ2) is 5.72. The summed E-state index contributed by atoms with van der Waals surface area (Å²) in [6, 6.07) is 2.06. The fraction of sp³-hybridized carbons (Fsp3) is 0.611. The van der Waals surface area contributed by atoms with E-state index in [0.29, 0.717) is 0 Å². The molecule has 0 aromatic carbocycles. The Balaban J connectivity index is 0.000000615. The van der Waals surface area contributed by atoms with Gasteiger partial charge in [-0.3, -0.25) is 9.48 Å². The Bertz CT molecular complexity index is 666. The SMILES string of the molecule is CC.Cn1cc2c(n1)[C@@]1(C)C=C(C#N)C(=O)C(C)(C)[C@H]1C2.[3H]C. The number of nitrogens with zero attached hydrogens (tertiary/aromatic N) is 3. The number of Topliss-reactive ketones (excluding diaryl/α,β-unsaturated/α-hetero) is 1. The van der Waals surface area contributed by atoms with E-state index < -0.39 is 5.41 Å². The first-order chi connectivity index (χ1) is 10.8. The normalized spacial score (nSPS) is 27.7. The third-order valence-electron chi connectivity index (χ3n) is 4.83. The van der Waals surface area contributed by atoms with Gasteiger partial charge in [-0.1, -0.05) is 48.1 Å². The topological polar surface area (TPSA) is 58.7 Å². The third-order valence-corrected chi connectivity index (χ3v) is 4.83. The number of allylic oxidation sites excluding steroid dienone is 2. The highest BCUT2D eigenvalue weighted by Gasteiger charge is 2.56. The predicted molar refractivity (Wildman–Crippen MR) is 88.3 cm³/mol. The largest absolute Gasteiger partial charge is 0.293 e. The van der Waals surface area contributed by atoms with Crippen LogP contribution in [-0.2, 0) is 23.7 Å². The van der Waals surface area contributed by atoms with Gasteiger partial charge in [0.2, 0.25) is 0 Å². The molecule has 0 aliphatic heterocycles. The quantitative estimate of drug-likeness (QED) is 0.736. The summed E-state index contributed by atoms with van der Waals surface area (Å²) in [4.78, 5) is 12.4. The lowest BCUT2D eigenvalue weighted by Crippen LogP contribution is -2.47. The lowest BCUT2D eigenvalue weighted by Gasteiger charge is -2.43. The van der Waals surface area contributed by atoms with Crippen LogP contribution in [-0.4, -0.2) is 15.6 Å². The van der Waals surface area contributed by atoms with Crippen molar-refractivity contribution in [1.29, 1.82) is 5.26 Å². The van der Waals surface area contributed by atoms with Crippen molar-refractivity contribution in [2.75, 3.05) is 0 Å². The summed E-state index contributed by atoms with van der Waals surface area (Å²) in [6.45, 7) is 10.0. The third kappa shape index (κ3) is 2.20. The maximum atomic E-state index is 12.4. The minimum atomic E-state index is -0.513. The molecule has 4 heteroatoms. The Hall–Kier alpha value is -1.89. The van der Waals surface area contributed by atoms with Crippen LogP contribution in [0, 0.1) is 22.7 Å². The van der Waals surface area contributed by atoms with Gasteiger partial charge in [0.1, 0.15) is 6.07 Å². The Labute approximate surface area is 135 Å². The van der Waals surface area contributed by atoms with Gasteiger partial charge in [0.15, 0.2) is 5.78 Å². The zero-order chi connectivity index (χ0) is 18.0. The van der Waals surface area contributed by atoms with Crippen LogP contribution in [0.5, 0.6) is 0 Å². The first-order valence-electron chi connectivity index (χ1n) is 8.51. The molecule has 0 N–H and O–H groups in total. The molecule has 0 fully saturated rings. The average molecular weight is 303 g/mol. The van der Waals surface area contributed by atoms with E-state index in [4.69, 9.17) is 1.37 Å². The standard InChI is InChI=1S/C15H17N3O.C2H6.CH4/c1-14(2)11-5-9-8-18(4)17-12(9)15(11,3)6-10(7-16)13(14)19;1-2;/h6,8,11H,5H2,1-4H3;1-2H3;1H4/t11-,15+;;/m1../s1/i;;1T. The van der Waals surface area contributed by atoms with Crippen LogP contribution in [0.25, 0.3) is 0 Å². The number of aromatic nitrogens is 2. The zero-order valence-electron chi connectivity index (χ0n) is 15.7. The Morgan fingerprint density at radius 1 is 1.45 bits per heavy atom. The summed E-state index contributed by atoms with van der Waals surface area (Å²) in [5.74, 6) is 0.148. The summed E-state index contributed by atoms with van der Waals surface area (Å²) < 4.78 is 7.56. The summed E-state index contributed by atoms with van der Waals surface area (Å²) in [5, 5.41) is 13.8. The maximum Gasteiger partial charge on any atom is 0.178 e. The molecule has 0 radical (unpaired) electrons. The second-order valence-corrected chi connectivity index (χ2v) is 6.44. The summed E-state index contributed by atoms with van der Waals surface area (Å²) in [7, 11) is 3.16.